The monoisotopic (exact) mass is 297 g/mol. The Morgan fingerprint density at radius 3 is 2.50 bits per heavy atom. The van der Waals surface area contributed by atoms with Crippen molar-refractivity contribution in [1.82, 2.24) is 4.90 Å². The second kappa shape index (κ2) is 6.84. The van der Waals surface area contributed by atoms with Crippen LogP contribution >= 0.6 is 11.6 Å². The summed E-state index contributed by atoms with van der Waals surface area (Å²) in [7, 11) is 0. The van der Waals surface area contributed by atoms with E-state index in [0.717, 1.165) is 25.7 Å². The summed E-state index contributed by atoms with van der Waals surface area (Å²) in [5.74, 6) is -0.229. The number of rotatable bonds is 4. The van der Waals surface area contributed by atoms with E-state index >= 15 is 0 Å². The van der Waals surface area contributed by atoms with Crippen LogP contribution in [0.2, 0.25) is 0 Å². The van der Waals surface area contributed by atoms with Crippen molar-refractivity contribution in [1.29, 1.82) is 0 Å². The molecule has 0 atom stereocenters. The largest absolute Gasteiger partial charge is 0.504 e. The van der Waals surface area contributed by atoms with Crippen LogP contribution in [0.4, 0.5) is 0 Å². The van der Waals surface area contributed by atoms with Gasteiger partial charge in [0.1, 0.15) is 0 Å². The molecule has 5 heteroatoms. The Balaban J connectivity index is 2.18. The topological polar surface area (TPSA) is 60.8 Å². The van der Waals surface area contributed by atoms with Crippen molar-refractivity contribution in [2.24, 2.45) is 0 Å². The van der Waals surface area contributed by atoms with E-state index in [9.17, 15) is 15.0 Å². The van der Waals surface area contributed by atoms with Crippen molar-refractivity contribution in [3.63, 3.8) is 0 Å². The van der Waals surface area contributed by atoms with Gasteiger partial charge in [-0.1, -0.05) is 19.3 Å². The Labute approximate surface area is 124 Å². The smallest absolute Gasteiger partial charge is 0.254 e. The maximum Gasteiger partial charge on any atom is 0.254 e. The van der Waals surface area contributed by atoms with Gasteiger partial charge >= 0.3 is 0 Å². The summed E-state index contributed by atoms with van der Waals surface area (Å²) in [6.07, 6.45) is 5.51. The molecule has 2 N–H and O–H groups in total. The number of phenolic OH excluding ortho intramolecular Hbond substituents is 2. The fraction of sp³-hybridized carbons (Fsp3) is 0.533. The first-order valence-corrected chi connectivity index (χ1v) is 7.56. The van der Waals surface area contributed by atoms with E-state index in [1.807, 2.05) is 0 Å². The molecular formula is C15H20ClNO3. The number of halogens is 1. The SMILES string of the molecule is O=C(c1ccc(O)c(O)c1)N(CCCl)C1CCCCC1. The van der Waals surface area contributed by atoms with Crippen molar-refractivity contribution in [2.45, 2.75) is 38.1 Å². The highest BCUT2D eigenvalue weighted by atomic mass is 35.5. The average Bonchev–Trinajstić information content (AvgIpc) is 2.48. The van der Waals surface area contributed by atoms with Crippen LogP contribution in [-0.2, 0) is 0 Å². The van der Waals surface area contributed by atoms with Crippen LogP contribution in [0.5, 0.6) is 11.5 Å². The first kappa shape index (κ1) is 15.0. The lowest BCUT2D eigenvalue weighted by molar-refractivity contribution is 0.0649. The van der Waals surface area contributed by atoms with Gasteiger partial charge in [-0.15, -0.1) is 11.6 Å². The minimum absolute atomic E-state index is 0.132. The van der Waals surface area contributed by atoms with Crippen LogP contribution < -0.4 is 0 Å². The first-order chi connectivity index (χ1) is 9.63. The fourth-order valence-electron chi connectivity index (χ4n) is 2.76. The summed E-state index contributed by atoms with van der Waals surface area (Å²) in [5.41, 5.74) is 0.385. The standard InChI is InChI=1S/C15H20ClNO3/c16-8-9-17(12-4-2-1-3-5-12)15(20)11-6-7-13(18)14(19)10-11/h6-7,10,12,18-19H,1-5,8-9H2. The lowest BCUT2D eigenvalue weighted by atomic mass is 9.93. The molecule has 0 radical (unpaired) electrons. The molecule has 0 aromatic heterocycles. The number of hydrogen-bond acceptors (Lipinski definition) is 3. The highest BCUT2D eigenvalue weighted by Gasteiger charge is 2.26. The minimum Gasteiger partial charge on any atom is -0.504 e. The van der Waals surface area contributed by atoms with Crippen LogP contribution in [0.3, 0.4) is 0 Å². The van der Waals surface area contributed by atoms with E-state index in [1.54, 1.807) is 4.90 Å². The quantitative estimate of drug-likeness (QED) is 0.663. The molecule has 0 aliphatic heterocycles. The zero-order chi connectivity index (χ0) is 14.5. The van der Waals surface area contributed by atoms with E-state index in [2.05, 4.69) is 0 Å². The summed E-state index contributed by atoms with van der Waals surface area (Å²) in [6.45, 7) is 0.507. The lowest BCUT2D eigenvalue weighted by Crippen LogP contribution is -2.42. The van der Waals surface area contributed by atoms with Gasteiger partial charge in [0.05, 0.1) is 0 Å². The van der Waals surface area contributed by atoms with Crippen molar-refractivity contribution in [3.05, 3.63) is 23.8 Å². The number of carbonyl (C=O) groups excluding carboxylic acids is 1. The van der Waals surface area contributed by atoms with Crippen molar-refractivity contribution in [2.75, 3.05) is 12.4 Å². The van der Waals surface area contributed by atoms with Crippen LogP contribution in [0.25, 0.3) is 0 Å². The number of carbonyl (C=O) groups is 1. The molecule has 0 bridgehead atoms. The summed E-state index contributed by atoms with van der Waals surface area (Å²) in [6, 6.07) is 4.40. The molecular weight excluding hydrogens is 278 g/mol. The van der Waals surface area contributed by atoms with E-state index in [1.165, 1.54) is 24.6 Å². The Morgan fingerprint density at radius 2 is 1.90 bits per heavy atom. The molecule has 1 saturated carbocycles. The molecule has 2 rings (SSSR count). The maximum absolute atomic E-state index is 12.6. The number of benzene rings is 1. The van der Waals surface area contributed by atoms with Crippen LogP contribution in [0.1, 0.15) is 42.5 Å². The van der Waals surface area contributed by atoms with Gasteiger partial charge in [-0.2, -0.15) is 0 Å². The predicted molar refractivity (Wildman–Crippen MR) is 78.4 cm³/mol. The number of amides is 1. The Kier molecular flexibility index (Phi) is 5.12. The summed E-state index contributed by atoms with van der Waals surface area (Å²) in [5, 5.41) is 18.8. The Bertz CT molecular complexity index is 472. The third-order valence-corrected chi connectivity index (χ3v) is 3.99. The zero-order valence-electron chi connectivity index (χ0n) is 11.4. The molecule has 0 spiro atoms. The molecule has 1 fully saturated rings. The minimum atomic E-state index is -0.273. The van der Waals surface area contributed by atoms with E-state index in [4.69, 9.17) is 11.6 Å². The Morgan fingerprint density at radius 1 is 1.20 bits per heavy atom. The molecule has 1 aromatic rings. The van der Waals surface area contributed by atoms with E-state index in [-0.39, 0.29) is 23.4 Å². The normalized spacial score (nSPS) is 16.1. The first-order valence-electron chi connectivity index (χ1n) is 7.02. The molecule has 1 aliphatic rings. The molecule has 0 saturated heterocycles. The fourth-order valence-corrected chi connectivity index (χ4v) is 2.94. The Hall–Kier alpha value is -1.42. The number of hydrogen-bond donors (Lipinski definition) is 2. The molecule has 1 amide bonds. The number of nitrogens with zero attached hydrogens (tertiary/aromatic N) is 1. The zero-order valence-corrected chi connectivity index (χ0v) is 12.1. The van der Waals surface area contributed by atoms with Crippen LogP contribution in [0.15, 0.2) is 18.2 Å². The highest BCUT2D eigenvalue weighted by molar-refractivity contribution is 6.18. The number of phenols is 2. The van der Waals surface area contributed by atoms with E-state index < -0.39 is 0 Å². The lowest BCUT2D eigenvalue weighted by Gasteiger charge is -2.34. The predicted octanol–water partition coefficient (Wildman–Crippen LogP) is 3.11. The molecule has 0 unspecified atom stereocenters. The highest BCUT2D eigenvalue weighted by Crippen LogP contribution is 2.28. The van der Waals surface area contributed by atoms with Gasteiger partial charge in [0, 0.05) is 24.0 Å². The van der Waals surface area contributed by atoms with Gasteiger partial charge in [-0.25, -0.2) is 0 Å². The summed E-state index contributed by atoms with van der Waals surface area (Å²) < 4.78 is 0. The average molecular weight is 298 g/mol. The molecule has 1 aliphatic carbocycles. The van der Waals surface area contributed by atoms with Gasteiger partial charge in [-0.05, 0) is 31.0 Å². The van der Waals surface area contributed by atoms with Crippen LogP contribution in [-0.4, -0.2) is 39.5 Å². The van der Waals surface area contributed by atoms with Crippen molar-refractivity contribution >= 4 is 17.5 Å². The van der Waals surface area contributed by atoms with Gasteiger partial charge in [0.15, 0.2) is 11.5 Å². The van der Waals surface area contributed by atoms with Gasteiger partial charge < -0.3 is 15.1 Å². The maximum atomic E-state index is 12.6. The molecule has 4 nitrogen and oxygen atoms in total. The molecule has 110 valence electrons. The molecule has 20 heavy (non-hydrogen) atoms. The van der Waals surface area contributed by atoms with Gasteiger partial charge in [-0.3, -0.25) is 4.79 Å². The molecule has 0 heterocycles. The van der Waals surface area contributed by atoms with Crippen LogP contribution in [0, 0.1) is 0 Å². The summed E-state index contributed by atoms with van der Waals surface area (Å²) >= 11 is 5.82. The molecule has 1 aromatic carbocycles. The summed E-state index contributed by atoms with van der Waals surface area (Å²) in [4.78, 5) is 14.4. The second-order valence-electron chi connectivity index (χ2n) is 5.18. The second-order valence-corrected chi connectivity index (χ2v) is 5.56. The number of aromatic hydroxyl groups is 2. The van der Waals surface area contributed by atoms with Crippen molar-refractivity contribution < 1.29 is 15.0 Å². The van der Waals surface area contributed by atoms with Crippen molar-refractivity contribution in [3.8, 4) is 11.5 Å². The van der Waals surface area contributed by atoms with Gasteiger partial charge in [0.2, 0.25) is 0 Å². The van der Waals surface area contributed by atoms with Gasteiger partial charge in [0.25, 0.3) is 5.91 Å². The third kappa shape index (κ3) is 3.37. The van der Waals surface area contributed by atoms with E-state index in [0.29, 0.717) is 18.0 Å². The number of alkyl halides is 1. The third-order valence-electron chi connectivity index (χ3n) is 3.82.